The van der Waals surface area contributed by atoms with Crippen molar-refractivity contribution in [2.75, 3.05) is 6.54 Å². The van der Waals surface area contributed by atoms with Crippen molar-refractivity contribution in [3.63, 3.8) is 0 Å². The van der Waals surface area contributed by atoms with Crippen LogP contribution >= 0.6 is 0 Å². The topological polar surface area (TPSA) is 92.9 Å². The highest BCUT2D eigenvalue weighted by molar-refractivity contribution is 5.79. The van der Waals surface area contributed by atoms with Gasteiger partial charge in [0.15, 0.2) is 0 Å². The summed E-state index contributed by atoms with van der Waals surface area (Å²) in [5, 5.41) is 10.5. The molecule has 0 bridgehead atoms. The molecule has 3 heterocycles. The molecule has 1 aliphatic rings. The minimum atomic E-state index is -0.296. The second-order valence-electron chi connectivity index (χ2n) is 7.00. The van der Waals surface area contributed by atoms with Crippen molar-refractivity contribution < 1.29 is 9.32 Å². The molecule has 0 saturated carbocycles. The van der Waals surface area contributed by atoms with Crippen LogP contribution in [0.3, 0.4) is 0 Å². The fourth-order valence-corrected chi connectivity index (χ4v) is 3.13. The largest absolute Gasteiger partial charge is 0.344 e. The Morgan fingerprint density at radius 1 is 1.44 bits per heavy atom. The van der Waals surface area contributed by atoms with Crippen LogP contribution in [-0.4, -0.2) is 33.6 Å². The lowest BCUT2D eigenvalue weighted by Crippen LogP contribution is -2.44. The van der Waals surface area contributed by atoms with Gasteiger partial charge in [-0.05, 0) is 44.4 Å². The Kier molecular flexibility index (Phi) is 5.43. The Hall–Kier alpha value is -2.28. The third-order valence-corrected chi connectivity index (χ3v) is 4.59. The van der Waals surface area contributed by atoms with E-state index in [-0.39, 0.29) is 23.8 Å². The van der Waals surface area contributed by atoms with E-state index in [1.807, 2.05) is 26.0 Å². The molecule has 25 heavy (non-hydrogen) atoms. The number of hydrogen-bond acceptors (Lipinski definition) is 6. The van der Waals surface area contributed by atoms with Crippen LogP contribution in [0.1, 0.15) is 45.5 Å². The normalized spacial score (nSPS) is 21.9. The maximum Gasteiger partial charge on any atom is 0.249 e. The lowest BCUT2D eigenvalue weighted by Gasteiger charge is -2.29. The lowest BCUT2D eigenvalue weighted by molar-refractivity contribution is -0.127. The Morgan fingerprint density at radius 3 is 2.96 bits per heavy atom. The van der Waals surface area contributed by atoms with Crippen LogP contribution in [0.2, 0.25) is 0 Å². The number of carbonyl (C=O) groups excluding carboxylic acids is 1. The molecule has 1 amide bonds. The molecule has 2 N–H and O–H groups in total. The van der Waals surface area contributed by atoms with E-state index in [1.54, 1.807) is 12.4 Å². The van der Waals surface area contributed by atoms with Gasteiger partial charge in [0.25, 0.3) is 0 Å². The Bertz CT molecular complexity index is 701. The van der Waals surface area contributed by atoms with Crippen molar-refractivity contribution in [3.8, 4) is 11.4 Å². The van der Waals surface area contributed by atoms with Crippen LogP contribution < -0.4 is 10.6 Å². The first-order valence-electron chi connectivity index (χ1n) is 8.82. The number of nitrogens with zero attached hydrogens (tertiary/aromatic N) is 3. The van der Waals surface area contributed by atoms with E-state index < -0.39 is 0 Å². The van der Waals surface area contributed by atoms with Gasteiger partial charge in [0, 0.05) is 29.9 Å². The first-order chi connectivity index (χ1) is 12.0. The summed E-state index contributed by atoms with van der Waals surface area (Å²) in [5.74, 6) is 1.15. The average Bonchev–Trinajstić information content (AvgIpc) is 3.09. The summed E-state index contributed by atoms with van der Waals surface area (Å²) in [6, 6.07) is 3.77. The van der Waals surface area contributed by atoms with Crippen LogP contribution in [0, 0.1) is 11.8 Å². The van der Waals surface area contributed by atoms with E-state index in [9.17, 15) is 4.79 Å². The molecular weight excluding hydrogens is 318 g/mol. The highest BCUT2D eigenvalue weighted by Gasteiger charge is 2.30. The molecular formula is C18H25N5O2. The quantitative estimate of drug-likeness (QED) is 0.865. The van der Waals surface area contributed by atoms with Crippen LogP contribution in [0.5, 0.6) is 0 Å². The van der Waals surface area contributed by atoms with Crippen LogP contribution in [0.15, 0.2) is 29.0 Å². The van der Waals surface area contributed by atoms with Crippen LogP contribution in [0.25, 0.3) is 11.4 Å². The monoisotopic (exact) mass is 343 g/mol. The van der Waals surface area contributed by atoms with E-state index in [4.69, 9.17) is 4.52 Å². The molecule has 134 valence electrons. The molecule has 7 nitrogen and oxygen atoms in total. The molecule has 3 atom stereocenters. The summed E-state index contributed by atoms with van der Waals surface area (Å²) in [5.41, 5.74) is 0.790. The van der Waals surface area contributed by atoms with Gasteiger partial charge in [-0.2, -0.15) is 4.98 Å². The standard InChI is InChI=1S/C18H25N5O2/c1-11(2)15(21-17(24)13-6-8-20-12(3)9-13)18-22-16(23-25-18)14-5-4-7-19-10-14/h4-5,7,10-13,15,20H,6,8-9H2,1-3H3,(H,21,24)/t12-,13-,15?/m0/s1. The van der Waals surface area contributed by atoms with Gasteiger partial charge in [0.1, 0.15) is 6.04 Å². The summed E-state index contributed by atoms with van der Waals surface area (Å²) in [6.07, 6.45) is 5.09. The number of pyridine rings is 1. The molecule has 2 aromatic heterocycles. The molecule has 1 aliphatic heterocycles. The molecule has 1 saturated heterocycles. The summed E-state index contributed by atoms with van der Waals surface area (Å²) in [7, 11) is 0. The SMILES string of the molecule is CC(C)C(NC(=O)[C@H]1CCN[C@@H](C)C1)c1nc(-c2cccnc2)no1. The molecule has 1 unspecified atom stereocenters. The third-order valence-electron chi connectivity index (χ3n) is 4.59. The van der Waals surface area contributed by atoms with Gasteiger partial charge >= 0.3 is 0 Å². The van der Waals surface area contributed by atoms with E-state index in [0.29, 0.717) is 17.8 Å². The van der Waals surface area contributed by atoms with Crippen molar-refractivity contribution in [1.82, 2.24) is 25.8 Å². The van der Waals surface area contributed by atoms with Crippen LogP contribution in [0.4, 0.5) is 0 Å². The van der Waals surface area contributed by atoms with Crippen molar-refractivity contribution in [1.29, 1.82) is 0 Å². The van der Waals surface area contributed by atoms with Crippen molar-refractivity contribution in [3.05, 3.63) is 30.4 Å². The maximum atomic E-state index is 12.7. The van der Waals surface area contributed by atoms with E-state index in [0.717, 1.165) is 24.9 Å². The summed E-state index contributed by atoms with van der Waals surface area (Å²) >= 11 is 0. The molecule has 3 rings (SSSR count). The van der Waals surface area contributed by atoms with Gasteiger partial charge in [0.2, 0.25) is 17.6 Å². The van der Waals surface area contributed by atoms with Crippen molar-refractivity contribution >= 4 is 5.91 Å². The number of hydrogen-bond donors (Lipinski definition) is 2. The predicted molar refractivity (Wildman–Crippen MR) is 93.4 cm³/mol. The van der Waals surface area contributed by atoms with Gasteiger partial charge in [-0.3, -0.25) is 9.78 Å². The summed E-state index contributed by atoms with van der Waals surface area (Å²) < 4.78 is 5.44. The summed E-state index contributed by atoms with van der Waals surface area (Å²) in [4.78, 5) is 21.2. The Labute approximate surface area is 147 Å². The van der Waals surface area contributed by atoms with E-state index in [1.165, 1.54) is 0 Å². The van der Waals surface area contributed by atoms with Gasteiger partial charge < -0.3 is 15.2 Å². The van der Waals surface area contributed by atoms with Crippen LogP contribution in [-0.2, 0) is 4.79 Å². The second kappa shape index (κ2) is 7.74. The van der Waals surface area contributed by atoms with Crippen molar-refractivity contribution in [2.24, 2.45) is 11.8 Å². The van der Waals surface area contributed by atoms with Gasteiger partial charge in [-0.1, -0.05) is 19.0 Å². The summed E-state index contributed by atoms with van der Waals surface area (Å²) in [6.45, 7) is 7.04. The number of rotatable bonds is 5. The van der Waals surface area contributed by atoms with Gasteiger partial charge in [-0.25, -0.2) is 0 Å². The lowest BCUT2D eigenvalue weighted by atomic mass is 9.91. The Balaban J connectivity index is 1.73. The highest BCUT2D eigenvalue weighted by Crippen LogP contribution is 2.25. The molecule has 0 aromatic carbocycles. The fourth-order valence-electron chi connectivity index (χ4n) is 3.13. The zero-order valence-electron chi connectivity index (χ0n) is 14.9. The molecule has 2 aromatic rings. The number of piperidine rings is 1. The van der Waals surface area contributed by atoms with Gasteiger partial charge in [-0.15, -0.1) is 0 Å². The minimum absolute atomic E-state index is 0.0261. The maximum absolute atomic E-state index is 12.7. The molecule has 0 radical (unpaired) electrons. The number of aromatic nitrogens is 3. The smallest absolute Gasteiger partial charge is 0.249 e. The molecule has 0 aliphatic carbocycles. The Morgan fingerprint density at radius 2 is 2.28 bits per heavy atom. The predicted octanol–water partition coefficient (Wildman–Crippen LogP) is 2.33. The molecule has 0 spiro atoms. The second-order valence-corrected chi connectivity index (χ2v) is 7.00. The third kappa shape index (κ3) is 4.22. The van der Waals surface area contributed by atoms with E-state index >= 15 is 0 Å². The molecule has 1 fully saturated rings. The highest BCUT2D eigenvalue weighted by atomic mass is 16.5. The fraction of sp³-hybridized carbons (Fsp3) is 0.556. The first-order valence-corrected chi connectivity index (χ1v) is 8.82. The molecule has 7 heteroatoms. The number of amides is 1. The average molecular weight is 343 g/mol. The van der Waals surface area contributed by atoms with Crippen molar-refractivity contribution in [2.45, 2.75) is 45.7 Å². The minimum Gasteiger partial charge on any atom is -0.344 e. The number of carbonyl (C=O) groups is 1. The zero-order valence-corrected chi connectivity index (χ0v) is 14.9. The van der Waals surface area contributed by atoms with E-state index in [2.05, 4.69) is 32.7 Å². The van der Waals surface area contributed by atoms with Gasteiger partial charge in [0.05, 0.1) is 0 Å². The number of nitrogens with one attached hydrogen (secondary N) is 2. The zero-order chi connectivity index (χ0) is 17.8. The first kappa shape index (κ1) is 17.5.